The van der Waals surface area contributed by atoms with Crippen molar-refractivity contribution in [1.29, 1.82) is 0 Å². The number of H-pyrrole nitrogens is 1. The fourth-order valence-corrected chi connectivity index (χ4v) is 3.38. The quantitative estimate of drug-likeness (QED) is 0.850. The Morgan fingerprint density at radius 1 is 1.35 bits per heavy atom. The number of hydrogen-bond acceptors (Lipinski definition) is 5. The van der Waals surface area contributed by atoms with Crippen molar-refractivity contribution in [3.05, 3.63) is 30.6 Å². The van der Waals surface area contributed by atoms with Gasteiger partial charge in [0.25, 0.3) is 0 Å². The zero-order valence-corrected chi connectivity index (χ0v) is 13.6. The summed E-state index contributed by atoms with van der Waals surface area (Å²) in [5.41, 5.74) is 1.72. The molecule has 2 aromatic rings. The average molecular weight is 332 g/mol. The van der Waals surface area contributed by atoms with Crippen LogP contribution in [0.2, 0.25) is 0 Å². The molecule has 6 nitrogen and oxygen atoms in total. The van der Waals surface area contributed by atoms with Crippen LogP contribution in [0.3, 0.4) is 0 Å². The third-order valence-corrected chi connectivity index (χ3v) is 4.74. The zero-order valence-electron chi connectivity index (χ0n) is 12.8. The Bertz CT molecular complexity index is 610. The Hall–Kier alpha value is -1.86. The number of nitrogens with one attached hydrogen (secondary N) is 2. The smallest absolute Gasteiger partial charge is 0.234 e. The number of aromatic amines is 1. The molecule has 0 unspecified atom stereocenters. The van der Waals surface area contributed by atoms with Crippen molar-refractivity contribution in [3.63, 3.8) is 0 Å². The molecule has 1 atom stereocenters. The van der Waals surface area contributed by atoms with Gasteiger partial charge in [-0.2, -0.15) is 5.10 Å². The van der Waals surface area contributed by atoms with E-state index in [9.17, 15) is 4.79 Å². The van der Waals surface area contributed by atoms with Gasteiger partial charge in [-0.15, -0.1) is 11.8 Å². The molecule has 1 aliphatic rings. The van der Waals surface area contributed by atoms with Gasteiger partial charge in [0.1, 0.15) is 6.33 Å². The molecule has 122 valence electrons. The van der Waals surface area contributed by atoms with Gasteiger partial charge in [0, 0.05) is 23.6 Å². The third-order valence-electron chi connectivity index (χ3n) is 3.67. The number of rotatable bonds is 6. The first-order valence-electron chi connectivity index (χ1n) is 7.76. The van der Waals surface area contributed by atoms with Crippen LogP contribution in [-0.2, 0) is 9.53 Å². The van der Waals surface area contributed by atoms with Gasteiger partial charge in [-0.1, -0.05) is 0 Å². The number of benzene rings is 1. The van der Waals surface area contributed by atoms with E-state index in [2.05, 4.69) is 20.5 Å². The molecular formula is C16H20N4O2S. The van der Waals surface area contributed by atoms with E-state index in [4.69, 9.17) is 4.74 Å². The van der Waals surface area contributed by atoms with Crippen LogP contribution in [-0.4, -0.2) is 45.3 Å². The van der Waals surface area contributed by atoms with E-state index in [0.717, 1.165) is 36.5 Å². The van der Waals surface area contributed by atoms with Gasteiger partial charge in [-0.25, -0.2) is 4.98 Å². The minimum Gasteiger partial charge on any atom is -0.377 e. The SMILES string of the molecule is O=C(CSC[C@H]1CCCCO1)Nc1ccc(-c2ncn[nH]2)cc1. The first-order valence-corrected chi connectivity index (χ1v) is 8.92. The number of hydrogen-bond donors (Lipinski definition) is 2. The third kappa shape index (κ3) is 4.80. The van der Waals surface area contributed by atoms with Crippen LogP contribution in [0.1, 0.15) is 19.3 Å². The van der Waals surface area contributed by atoms with E-state index >= 15 is 0 Å². The predicted molar refractivity (Wildman–Crippen MR) is 91.4 cm³/mol. The number of amides is 1. The molecule has 0 aliphatic carbocycles. The highest BCUT2D eigenvalue weighted by molar-refractivity contribution is 8.00. The summed E-state index contributed by atoms with van der Waals surface area (Å²) < 4.78 is 5.66. The van der Waals surface area contributed by atoms with Gasteiger partial charge in [0.2, 0.25) is 5.91 Å². The molecule has 1 saturated heterocycles. The lowest BCUT2D eigenvalue weighted by Crippen LogP contribution is -2.22. The number of carbonyl (C=O) groups is 1. The van der Waals surface area contributed by atoms with E-state index < -0.39 is 0 Å². The van der Waals surface area contributed by atoms with Crippen molar-refractivity contribution >= 4 is 23.4 Å². The fourth-order valence-electron chi connectivity index (χ4n) is 2.47. The predicted octanol–water partition coefficient (Wildman–Crippen LogP) is 2.71. The second-order valence-electron chi connectivity index (χ2n) is 5.46. The first-order chi connectivity index (χ1) is 11.3. The van der Waals surface area contributed by atoms with Crippen molar-refractivity contribution in [3.8, 4) is 11.4 Å². The van der Waals surface area contributed by atoms with Crippen LogP contribution < -0.4 is 5.32 Å². The van der Waals surface area contributed by atoms with Gasteiger partial charge in [-0.3, -0.25) is 9.89 Å². The number of ether oxygens (including phenoxy) is 1. The molecule has 1 fully saturated rings. The van der Waals surface area contributed by atoms with E-state index in [-0.39, 0.29) is 5.91 Å². The number of aromatic nitrogens is 3. The van der Waals surface area contributed by atoms with Crippen LogP contribution in [0.15, 0.2) is 30.6 Å². The van der Waals surface area contributed by atoms with Crippen LogP contribution in [0.25, 0.3) is 11.4 Å². The van der Waals surface area contributed by atoms with Crippen LogP contribution in [0.4, 0.5) is 5.69 Å². The van der Waals surface area contributed by atoms with E-state index in [1.807, 2.05) is 24.3 Å². The summed E-state index contributed by atoms with van der Waals surface area (Å²) in [4.78, 5) is 16.1. The molecule has 1 aliphatic heterocycles. The molecule has 0 radical (unpaired) electrons. The number of anilines is 1. The summed E-state index contributed by atoms with van der Waals surface area (Å²) in [5, 5.41) is 9.54. The molecule has 1 aromatic heterocycles. The largest absolute Gasteiger partial charge is 0.377 e. The van der Waals surface area contributed by atoms with Crippen molar-refractivity contribution in [2.24, 2.45) is 0 Å². The summed E-state index contributed by atoms with van der Waals surface area (Å²) >= 11 is 1.63. The van der Waals surface area contributed by atoms with E-state index in [0.29, 0.717) is 17.7 Å². The lowest BCUT2D eigenvalue weighted by atomic mass is 10.1. The maximum atomic E-state index is 12.0. The van der Waals surface area contributed by atoms with E-state index in [1.165, 1.54) is 12.7 Å². The lowest BCUT2D eigenvalue weighted by Gasteiger charge is -2.21. The van der Waals surface area contributed by atoms with E-state index in [1.54, 1.807) is 11.8 Å². The lowest BCUT2D eigenvalue weighted by molar-refractivity contribution is -0.113. The molecule has 2 heterocycles. The van der Waals surface area contributed by atoms with Crippen LogP contribution >= 0.6 is 11.8 Å². The summed E-state index contributed by atoms with van der Waals surface area (Å²) in [6, 6.07) is 7.54. The van der Waals surface area contributed by atoms with Gasteiger partial charge in [-0.05, 0) is 43.5 Å². The minimum atomic E-state index is 0.0122. The maximum Gasteiger partial charge on any atom is 0.234 e. The summed E-state index contributed by atoms with van der Waals surface area (Å²) in [6.45, 7) is 0.856. The Morgan fingerprint density at radius 3 is 2.91 bits per heavy atom. The van der Waals surface area contributed by atoms with Crippen molar-refractivity contribution in [2.75, 3.05) is 23.4 Å². The molecular weight excluding hydrogens is 312 g/mol. The highest BCUT2D eigenvalue weighted by atomic mass is 32.2. The molecule has 0 saturated carbocycles. The fraction of sp³-hybridized carbons (Fsp3) is 0.438. The zero-order chi connectivity index (χ0) is 15.9. The minimum absolute atomic E-state index is 0.0122. The van der Waals surface area contributed by atoms with Crippen molar-refractivity contribution in [2.45, 2.75) is 25.4 Å². The van der Waals surface area contributed by atoms with Gasteiger partial charge >= 0.3 is 0 Å². The average Bonchev–Trinajstić information content (AvgIpc) is 3.11. The highest BCUT2D eigenvalue weighted by Crippen LogP contribution is 2.19. The summed E-state index contributed by atoms with van der Waals surface area (Å²) in [5.74, 6) is 2.06. The molecule has 1 amide bonds. The van der Waals surface area contributed by atoms with Crippen LogP contribution in [0.5, 0.6) is 0 Å². The van der Waals surface area contributed by atoms with Crippen LogP contribution in [0, 0.1) is 0 Å². The Kier molecular flexibility index (Phi) is 5.65. The normalized spacial score (nSPS) is 17.8. The maximum absolute atomic E-state index is 12.0. The monoisotopic (exact) mass is 332 g/mol. The molecule has 0 spiro atoms. The highest BCUT2D eigenvalue weighted by Gasteiger charge is 2.14. The summed E-state index contributed by atoms with van der Waals surface area (Å²) in [6.07, 6.45) is 5.28. The molecule has 2 N–H and O–H groups in total. The Balaban J connectivity index is 1.42. The second-order valence-corrected chi connectivity index (χ2v) is 6.49. The molecule has 7 heteroatoms. The number of carbonyl (C=O) groups excluding carboxylic acids is 1. The molecule has 0 bridgehead atoms. The van der Waals surface area contributed by atoms with Crippen molar-refractivity contribution < 1.29 is 9.53 Å². The van der Waals surface area contributed by atoms with Gasteiger partial charge in [0.05, 0.1) is 11.9 Å². The number of nitrogens with zero attached hydrogens (tertiary/aromatic N) is 2. The van der Waals surface area contributed by atoms with Crippen molar-refractivity contribution in [1.82, 2.24) is 15.2 Å². The second kappa shape index (κ2) is 8.12. The summed E-state index contributed by atoms with van der Waals surface area (Å²) in [7, 11) is 0. The topological polar surface area (TPSA) is 79.9 Å². The number of thioether (sulfide) groups is 1. The van der Waals surface area contributed by atoms with Gasteiger partial charge in [0.15, 0.2) is 5.82 Å². The molecule has 1 aromatic carbocycles. The molecule has 23 heavy (non-hydrogen) atoms. The molecule has 3 rings (SSSR count). The standard InChI is InChI=1S/C16H20N4O2S/c21-15(10-23-9-14-3-1-2-8-22-14)19-13-6-4-12(5-7-13)16-17-11-18-20-16/h4-7,11,14H,1-3,8-10H2,(H,19,21)(H,17,18,20)/t14-/m1/s1. The first kappa shape index (κ1) is 16.0. The van der Waals surface area contributed by atoms with Gasteiger partial charge < -0.3 is 10.1 Å². The Morgan fingerprint density at radius 2 is 2.22 bits per heavy atom. The Labute approximate surface area is 139 Å².